The fraction of sp³-hybridized carbons (Fsp3) is 0.480. The summed E-state index contributed by atoms with van der Waals surface area (Å²) >= 11 is 0. The van der Waals surface area contributed by atoms with Crippen molar-refractivity contribution in [2.75, 3.05) is 6.61 Å². The molecular formula is C25H26F3N3O4S. The number of aromatic nitrogens is 1. The maximum atomic E-state index is 14.1. The summed E-state index contributed by atoms with van der Waals surface area (Å²) in [5, 5.41) is 10.7. The largest absolute Gasteiger partial charge is 0.417 e. The van der Waals surface area contributed by atoms with Crippen LogP contribution in [0.1, 0.15) is 43.9 Å². The average molecular weight is 522 g/mol. The van der Waals surface area contributed by atoms with E-state index in [1.54, 1.807) is 26.0 Å². The normalized spacial score (nSPS) is 23.2. The van der Waals surface area contributed by atoms with E-state index >= 15 is 0 Å². The monoisotopic (exact) mass is 521 g/mol. The second-order valence-corrected chi connectivity index (χ2v) is 11.5. The third kappa shape index (κ3) is 5.11. The quantitative estimate of drug-likeness (QED) is 0.585. The fourth-order valence-corrected chi connectivity index (χ4v) is 6.69. The SMILES string of the molecule is CCOC1CC(S(=O)(=O)c2ccc(-c3ccnc(C)c3)cc2C(F)(F)F)CC1C(=O)NC1(C#N)CC1. The standard InChI is InChI=1S/C25H26F3N3O4S/c1-3-35-21-13-18(12-19(21)23(32)31-24(14-29)7-8-24)36(33,34)22-5-4-16(11-20(22)25(26,27)28)17-6-9-30-15(2)10-17/h4-6,9-11,18-19,21H,3,7-8,12-13H2,1-2H3,(H,31,32). The number of carbonyl (C=O) groups is 1. The Morgan fingerprint density at radius 2 is 1.92 bits per heavy atom. The molecule has 0 radical (unpaired) electrons. The van der Waals surface area contributed by atoms with Gasteiger partial charge in [-0.15, -0.1) is 0 Å². The van der Waals surface area contributed by atoms with Crippen LogP contribution in [0.15, 0.2) is 41.4 Å². The van der Waals surface area contributed by atoms with Gasteiger partial charge in [-0.3, -0.25) is 9.78 Å². The number of ether oxygens (including phenoxy) is 1. The number of nitriles is 1. The number of sulfone groups is 1. The van der Waals surface area contributed by atoms with Crippen molar-refractivity contribution in [2.24, 2.45) is 5.92 Å². The number of rotatable bonds is 7. The lowest BCUT2D eigenvalue weighted by Crippen LogP contribution is -2.42. The Labute approximate surface area is 207 Å². The summed E-state index contributed by atoms with van der Waals surface area (Å²) in [7, 11) is -4.47. The second-order valence-electron chi connectivity index (χ2n) is 9.32. The number of nitrogens with zero attached hydrogens (tertiary/aromatic N) is 2. The van der Waals surface area contributed by atoms with E-state index in [0.29, 0.717) is 24.1 Å². The highest BCUT2D eigenvalue weighted by Gasteiger charge is 2.51. The van der Waals surface area contributed by atoms with Gasteiger partial charge in [-0.25, -0.2) is 8.42 Å². The minimum atomic E-state index is -4.92. The van der Waals surface area contributed by atoms with Gasteiger partial charge in [0.05, 0.1) is 33.8 Å². The van der Waals surface area contributed by atoms with Gasteiger partial charge in [0.15, 0.2) is 9.84 Å². The molecule has 2 aliphatic rings. The maximum absolute atomic E-state index is 14.1. The number of amides is 1. The van der Waals surface area contributed by atoms with Crippen molar-refractivity contribution in [3.05, 3.63) is 47.8 Å². The van der Waals surface area contributed by atoms with Crippen LogP contribution in [0.25, 0.3) is 11.1 Å². The molecule has 11 heteroatoms. The first kappa shape index (κ1) is 26.1. The zero-order valence-electron chi connectivity index (χ0n) is 19.8. The van der Waals surface area contributed by atoms with Crippen molar-refractivity contribution in [3.8, 4) is 17.2 Å². The molecule has 0 saturated heterocycles. The zero-order chi connectivity index (χ0) is 26.3. The first-order valence-electron chi connectivity index (χ1n) is 11.6. The summed E-state index contributed by atoms with van der Waals surface area (Å²) in [6, 6.07) is 8.39. The van der Waals surface area contributed by atoms with Crippen molar-refractivity contribution in [2.45, 2.75) is 67.5 Å². The lowest BCUT2D eigenvalue weighted by Gasteiger charge is -2.20. The molecule has 1 amide bonds. The number of aryl methyl sites for hydroxylation is 1. The molecule has 192 valence electrons. The van der Waals surface area contributed by atoms with Gasteiger partial charge < -0.3 is 10.1 Å². The first-order valence-corrected chi connectivity index (χ1v) is 13.2. The Balaban J connectivity index is 1.67. The molecule has 3 unspecified atom stereocenters. The van der Waals surface area contributed by atoms with Gasteiger partial charge in [0, 0.05) is 18.5 Å². The molecule has 36 heavy (non-hydrogen) atoms. The molecule has 3 atom stereocenters. The van der Waals surface area contributed by atoms with E-state index in [-0.39, 0.29) is 25.0 Å². The van der Waals surface area contributed by atoms with Crippen LogP contribution in [0.4, 0.5) is 13.2 Å². The molecule has 2 fully saturated rings. The summed E-state index contributed by atoms with van der Waals surface area (Å²) in [5.74, 6) is -1.39. The molecule has 2 aliphatic carbocycles. The summed E-state index contributed by atoms with van der Waals surface area (Å²) < 4.78 is 74.9. The molecule has 1 N–H and O–H groups in total. The molecule has 2 saturated carbocycles. The highest BCUT2D eigenvalue weighted by atomic mass is 32.2. The number of nitrogens with one attached hydrogen (secondary N) is 1. The van der Waals surface area contributed by atoms with Crippen LogP contribution >= 0.6 is 0 Å². The molecular weight excluding hydrogens is 495 g/mol. The minimum Gasteiger partial charge on any atom is -0.378 e. The summed E-state index contributed by atoms with van der Waals surface area (Å²) in [6.45, 7) is 3.60. The fourth-order valence-electron chi connectivity index (χ4n) is 4.68. The minimum absolute atomic E-state index is 0.115. The summed E-state index contributed by atoms with van der Waals surface area (Å²) in [5.41, 5.74) is -0.891. The number of hydrogen-bond acceptors (Lipinski definition) is 6. The van der Waals surface area contributed by atoms with E-state index in [0.717, 1.165) is 12.1 Å². The van der Waals surface area contributed by atoms with Crippen LogP contribution in [0.3, 0.4) is 0 Å². The Morgan fingerprint density at radius 3 is 2.50 bits per heavy atom. The van der Waals surface area contributed by atoms with Gasteiger partial charge in [-0.05, 0) is 74.9 Å². The smallest absolute Gasteiger partial charge is 0.378 e. The third-order valence-corrected chi connectivity index (χ3v) is 9.00. The van der Waals surface area contributed by atoms with E-state index in [9.17, 15) is 31.6 Å². The topological polar surface area (TPSA) is 109 Å². The number of carbonyl (C=O) groups excluding carboxylic acids is 1. The van der Waals surface area contributed by atoms with E-state index in [1.165, 1.54) is 12.3 Å². The Kier molecular flexibility index (Phi) is 6.88. The van der Waals surface area contributed by atoms with Crippen molar-refractivity contribution in [3.63, 3.8) is 0 Å². The summed E-state index contributed by atoms with van der Waals surface area (Å²) in [6.07, 6.45) is -3.53. The van der Waals surface area contributed by atoms with Gasteiger partial charge in [0.25, 0.3) is 0 Å². The maximum Gasteiger partial charge on any atom is 0.417 e. The summed E-state index contributed by atoms with van der Waals surface area (Å²) in [4.78, 5) is 16.1. The van der Waals surface area contributed by atoms with Crippen molar-refractivity contribution in [1.29, 1.82) is 5.26 Å². The Morgan fingerprint density at radius 1 is 1.22 bits per heavy atom. The van der Waals surface area contributed by atoms with Crippen molar-refractivity contribution >= 4 is 15.7 Å². The molecule has 0 spiro atoms. The molecule has 0 aliphatic heterocycles. The van der Waals surface area contributed by atoms with Crippen LogP contribution < -0.4 is 5.32 Å². The number of alkyl halides is 3. The van der Waals surface area contributed by atoms with Crippen molar-refractivity contribution < 1.29 is 31.1 Å². The van der Waals surface area contributed by atoms with Gasteiger partial charge in [-0.1, -0.05) is 6.07 Å². The number of hydrogen-bond donors (Lipinski definition) is 1. The van der Waals surface area contributed by atoms with Gasteiger partial charge in [0.2, 0.25) is 5.91 Å². The number of benzene rings is 1. The van der Waals surface area contributed by atoms with Crippen LogP contribution in [0.5, 0.6) is 0 Å². The molecule has 0 bridgehead atoms. The Bertz CT molecular complexity index is 1320. The molecule has 7 nitrogen and oxygen atoms in total. The van der Waals surface area contributed by atoms with E-state index in [2.05, 4.69) is 10.3 Å². The van der Waals surface area contributed by atoms with Crippen LogP contribution in [0, 0.1) is 24.2 Å². The number of pyridine rings is 1. The van der Waals surface area contributed by atoms with Crippen LogP contribution in [-0.2, 0) is 25.5 Å². The lowest BCUT2D eigenvalue weighted by atomic mass is 10.0. The molecule has 1 aromatic carbocycles. The predicted molar refractivity (Wildman–Crippen MR) is 124 cm³/mol. The zero-order valence-corrected chi connectivity index (χ0v) is 20.6. The van der Waals surface area contributed by atoms with Gasteiger partial charge >= 0.3 is 6.18 Å². The van der Waals surface area contributed by atoms with E-state index in [1.807, 2.05) is 6.07 Å². The average Bonchev–Trinajstić information content (AvgIpc) is 3.46. The third-order valence-electron chi connectivity index (χ3n) is 6.77. The van der Waals surface area contributed by atoms with Crippen molar-refractivity contribution in [1.82, 2.24) is 10.3 Å². The lowest BCUT2D eigenvalue weighted by molar-refractivity contribution is -0.139. The second kappa shape index (κ2) is 9.48. The predicted octanol–water partition coefficient (Wildman–Crippen LogP) is 4.21. The Hall–Kier alpha value is -2.97. The van der Waals surface area contributed by atoms with E-state index in [4.69, 9.17) is 4.74 Å². The highest BCUT2D eigenvalue weighted by molar-refractivity contribution is 7.92. The van der Waals surface area contributed by atoms with Crippen LogP contribution in [0.2, 0.25) is 0 Å². The highest BCUT2D eigenvalue weighted by Crippen LogP contribution is 2.43. The van der Waals surface area contributed by atoms with Gasteiger partial charge in [0.1, 0.15) is 5.54 Å². The van der Waals surface area contributed by atoms with Crippen LogP contribution in [-0.4, -0.2) is 42.8 Å². The molecule has 4 rings (SSSR count). The van der Waals surface area contributed by atoms with E-state index < -0.39 is 55.2 Å². The number of halogens is 3. The first-order chi connectivity index (χ1) is 16.9. The molecule has 2 aromatic rings. The molecule has 1 aromatic heterocycles. The van der Waals surface area contributed by atoms with Gasteiger partial charge in [-0.2, -0.15) is 18.4 Å². The molecule has 1 heterocycles.